The lowest BCUT2D eigenvalue weighted by atomic mass is 10.2. The molecule has 3 aromatic heterocycles. The lowest BCUT2D eigenvalue weighted by Crippen LogP contribution is -2.34. The normalized spacial score (nSPS) is 10.5. The van der Waals surface area contributed by atoms with Crippen molar-refractivity contribution >= 4 is 110 Å². The number of alkyl halides is 1. The van der Waals surface area contributed by atoms with Gasteiger partial charge in [-0.2, -0.15) is 0 Å². The molecular weight excluding hydrogens is 1770 g/mol. The van der Waals surface area contributed by atoms with Crippen LogP contribution in [0.4, 0.5) is 72.5 Å². The van der Waals surface area contributed by atoms with Crippen molar-refractivity contribution in [2.45, 2.75) is 47.1 Å². The average Bonchev–Trinajstić information content (AvgIpc) is 1.70. The van der Waals surface area contributed by atoms with E-state index in [9.17, 15) is 47.9 Å². The van der Waals surface area contributed by atoms with Gasteiger partial charge in [0.1, 0.15) is 111 Å². The first-order valence-corrected chi connectivity index (χ1v) is 39.6. The molecule has 9 N–H and O–H groups in total. The van der Waals surface area contributed by atoms with Crippen molar-refractivity contribution in [1.29, 1.82) is 0 Å². The number of nitrogens with zero attached hydrogens (tertiary/aromatic N) is 12. The number of anilines is 6. The van der Waals surface area contributed by atoms with Crippen LogP contribution in [0.3, 0.4) is 0 Å². The van der Waals surface area contributed by atoms with E-state index in [1.54, 1.807) is 203 Å². The van der Waals surface area contributed by atoms with Crippen LogP contribution in [0.1, 0.15) is 40.2 Å². The van der Waals surface area contributed by atoms with E-state index in [4.69, 9.17) is 94.7 Å². The summed E-state index contributed by atoms with van der Waals surface area (Å²) < 4.78 is 49.4. The Morgan fingerprint density at radius 3 is 1.04 bits per heavy atom. The molecule has 0 aliphatic carbocycles. The van der Waals surface area contributed by atoms with Gasteiger partial charge in [0.25, 0.3) is 0 Å². The number of carbonyl (C=O) groups excluding carboxylic acids is 10. The van der Waals surface area contributed by atoms with Crippen LogP contribution >= 0.6 is 15.9 Å². The molecule has 0 radical (unpaired) electrons. The summed E-state index contributed by atoms with van der Waals surface area (Å²) in [7, 11) is 0. The number of hydrogen-bond acceptors (Lipinski definition) is 25. The van der Waals surface area contributed by atoms with Gasteiger partial charge in [0, 0.05) is 59.9 Å². The molecule has 0 saturated heterocycles. The molecular formula is C93H93BrN18O20. The van der Waals surface area contributed by atoms with Crippen LogP contribution in [-0.2, 0) is 23.8 Å². The minimum Gasteiger partial charge on any atom is -0.508 e. The van der Waals surface area contributed by atoms with Crippen molar-refractivity contribution in [3.05, 3.63) is 232 Å². The number of aromatic nitrogens is 6. The molecule has 10 aromatic rings. The molecule has 132 heavy (non-hydrogen) atoms. The summed E-state index contributed by atoms with van der Waals surface area (Å²) in [6, 6.07) is 43.6. The molecule has 0 saturated carbocycles. The van der Waals surface area contributed by atoms with Crippen molar-refractivity contribution in [2.75, 3.05) is 103 Å². The monoisotopic (exact) mass is 1860 g/mol. The lowest BCUT2D eigenvalue weighted by Gasteiger charge is -2.19. The van der Waals surface area contributed by atoms with Crippen molar-refractivity contribution < 1.29 is 95.7 Å². The first kappa shape index (κ1) is 108. The maximum Gasteiger partial charge on any atom is 0.412 e. The summed E-state index contributed by atoms with van der Waals surface area (Å²) in [4.78, 5) is 125. The number of benzene rings is 7. The molecule has 0 spiro atoms. The number of nitrogens with two attached hydrogens (primary N) is 2. The van der Waals surface area contributed by atoms with Gasteiger partial charge in [0.2, 0.25) is 0 Å². The van der Waals surface area contributed by atoms with Gasteiger partial charge in [-0.25, -0.2) is 63.1 Å². The molecule has 2 aliphatic heterocycles. The third-order valence-corrected chi connectivity index (χ3v) is 14.7. The zero-order chi connectivity index (χ0) is 97.3. The highest BCUT2D eigenvalue weighted by Crippen LogP contribution is 2.26. The van der Waals surface area contributed by atoms with E-state index in [-0.39, 0.29) is 70.8 Å². The minimum atomic E-state index is -0.702. The number of amides is 12. The third-order valence-electron chi connectivity index (χ3n) is 14.4. The highest BCUT2D eigenvalue weighted by Gasteiger charge is 2.30. The molecule has 39 heteroatoms. The highest BCUT2D eigenvalue weighted by molar-refractivity contribution is 9.09. The van der Waals surface area contributed by atoms with Crippen LogP contribution in [0.2, 0.25) is 0 Å². The van der Waals surface area contributed by atoms with Gasteiger partial charge in [-0.15, -0.1) is 45.0 Å². The number of terminal acetylenes is 7. The van der Waals surface area contributed by atoms with Crippen molar-refractivity contribution in [3.8, 4) is 127 Å². The molecule has 12 amide bonds. The number of esters is 2. The van der Waals surface area contributed by atoms with Crippen LogP contribution in [-0.4, -0.2) is 171 Å². The molecule has 0 fully saturated rings. The Balaban J connectivity index is 0.000000386. The molecule has 0 atom stereocenters. The second kappa shape index (κ2) is 63.0. The number of urea groups is 5. The standard InChI is InChI=1S/C14H16N2O4.C14H17NO3.C13H11N3O2.2C11H7N3O3.C9H9NO.C7H6N4O.C7H8O.C4H9NO2.C3H3Br/c1-3-9-20-12-7-5-11(6-8-12)16-14(18)15-10-13(17)19-4-2;1-5-10-17-12-8-6-11(7-9-12)15-13(16)18-14(2,3)4;1-2-9-18-12-5-3-11(4-6-12)15-13(17)16-8-7-14-10-16;2*1-2-7-17-9-5-3-8(4-6-9)14-10(15)12-13-11(14)16;1-2-7-11-9-5-3-8(10)4-6-9;12-7(10-3-1-8-5-10)11-4-2-9-6-11;1-6-2-4-7(8)5-3-6;1-2-7-4(6)3-5;1-2-3-4/h1,5-8H,4,9-10H2,2H3,(H2,15,16,18);1,6-9H,10H2,2-4H3,(H,15,16);1,3-8,10H,9H2,(H,15,17);2*1,3-6H,7H2;1,3-6H,7,10H2;1-6H;2-5,8H,1H3;2-3,5H2,1H3;1H,3H2. The van der Waals surface area contributed by atoms with E-state index in [0.717, 1.165) is 21.2 Å². The fourth-order valence-electron chi connectivity index (χ4n) is 8.73. The van der Waals surface area contributed by atoms with Crippen molar-refractivity contribution in [3.63, 3.8) is 0 Å². The van der Waals surface area contributed by atoms with Gasteiger partial charge in [-0.05, 0) is 199 Å². The van der Waals surface area contributed by atoms with E-state index >= 15 is 0 Å². The Labute approximate surface area is 770 Å². The van der Waals surface area contributed by atoms with Gasteiger partial charge < -0.3 is 75.2 Å². The van der Waals surface area contributed by atoms with E-state index in [2.05, 4.69) is 124 Å². The number of nitrogen functional groups attached to an aromatic ring is 1. The largest absolute Gasteiger partial charge is 0.508 e. The number of aryl methyl sites for hydroxylation is 1. The summed E-state index contributed by atoms with van der Waals surface area (Å²) in [6.07, 6.45) is 48.3. The zero-order valence-electron chi connectivity index (χ0n) is 72.3. The van der Waals surface area contributed by atoms with Crippen molar-refractivity contribution in [2.24, 2.45) is 26.2 Å². The number of hydrogen-bond donors (Lipinski definition) is 7. The molecule has 12 rings (SSSR count). The fourth-order valence-corrected chi connectivity index (χ4v) is 8.73. The second-order valence-electron chi connectivity index (χ2n) is 25.3. The summed E-state index contributed by atoms with van der Waals surface area (Å²) in [5, 5.41) is 32.3. The van der Waals surface area contributed by atoms with Gasteiger partial charge in [-0.1, -0.05) is 95.5 Å². The summed E-state index contributed by atoms with van der Waals surface area (Å²) in [5.41, 5.74) is 14.4. The van der Waals surface area contributed by atoms with Gasteiger partial charge in [0.15, 0.2) is 0 Å². The fraction of sp³-hybridized carbons (Fsp3) is 0.194. The molecule has 0 bridgehead atoms. The molecule has 0 unspecified atom stereocenters. The van der Waals surface area contributed by atoms with Crippen LogP contribution in [0.15, 0.2) is 246 Å². The molecule has 7 aromatic carbocycles. The number of imide groups is 2. The molecule has 2 aliphatic rings. The number of ether oxygens (including phenoxy) is 9. The Morgan fingerprint density at radius 2 is 0.750 bits per heavy atom. The number of phenols is 1. The van der Waals surface area contributed by atoms with Crippen molar-refractivity contribution in [1.82, 2.24) is 34.0 Å². The van der Waals surface area contributed by atoms with Crippen LogP contribution < -0.4 is 71.0 Å². The predicted molar refractivity (Wildman–Crippen MR) is 497 cm³/mol. The Morgan fingerprint density at radius 1 is 0.439 bits per heavy atom. The predicted octanol–water partition coefficient (Wildman–Crippen LogP) is 14.9. The number of carbonyl (C=O) groups is 10. The minimum absolute atomic E-state index is 0.0200. The number of nitrogens with one attached hydrogen (secondary N) is 4. The molecule has 5 heterocycles. The molecule has 682 valence electrons. The number of rotatable bonds is 22. The molecule has 38 nitrogen and oxygen atoms in total. The van der Waals surface area contributed by atoms with Gasteiger partial charge >= 0.3 is 60.2 Å². The second-order valence-corrected chi connectivity index (χ2v) is 25.9. The van der Waals surface area contributed by atoms with Gasteiger partial charge in [-0.3, -0.25) is 28.6 Å². The Hall–Kier alpha value is -18.0. The highest BCUT2D eigenvalue weighted by atomic mass is 79.9. The van der Waals surface area contributed by atoms with E-state index in [1.807, 2.05) is 39.8 Å². The van der Waals surface area contributed by atoms with Gasteiger partial charge in [0.05, 0.1) is 36.5 Å². The van der Waals surface area contributed by atoms with E-state index in [1.165, 1.54) is 44.4 Å². The summed E-state index contributed by atoms with van der Waals surface area (Å²) >= 11 is 3.01. The smallest absolute Gasteiger partial charge is 0.412 e. The van der Waals surface area contributed by atoms with E-state index < -0.39 is 47.8 Å². The maximum absolute atomic E-state index is 11.7. The SMILES string of the molecule is C#CCBr.C#CCOc1ccc(N)cc1.C#CCOc1ccc(N2C(=O)N=NC2=O)cc1.C#CCOc1ccc(N2C(=O)N=NC2=O)cc1.C#CCOc1ccc(NC(=O)NCC(=O)OCC)cc1.C#CCOc1ccc(NC(=O)OC(C)(C)C)cc1.C#CCOc1ccc(NC(=O)n2ccnc2)cc1.CCOC(=O)CN.Cc1ccc(O)cc1.O=C(n1ccnc1)n1ccnc1. The summed E-state index contributed by atoms with van der Waals surface area (Å²) in [6.45, 7) is 12.6. The number of aromatic hydroxyl groups is 1. The summed E-state index contributed by atoms with van der Waals surface area (Å²) in [5.74, 6) is 19.8. The maximum atomic E-state index is 11.7. The number of azo groups is 2. The number of halogens is 1. The van der Waals surface area contributed by atoms with Crippen LogP contribution in [0.5, 0.6) is 40.2 Å². The number of imidazole rings is 3. The third kappa shape index (κ3) is 45.6. The Bertz CT molecular complexity index is 5420. The van der Waals surface area contributed by atoms with Crippen LogP contribution in [0, 0.1) is 93.3 Å². The number of phenolic OH excluding ortho intramolecular Hbond substituents is 1. The first-order chi connectivity index (χ1) is 63.5. The quantitative estimate of drug-likeness (QED) is 0.0109. The first-order valence-electron chi connectivity index (χ1n) is 38.5. The lowest BCUT2D eigenvalue weighted by molar-refractivity contribution is -0.142. The Kier molecular flexibility index (Phi) is 51.7. The van der Waals surface area contributed by atoms with Crippen LogP contribution in [0.25, 0.3) is 0 Å². The topological polar surface area (TPSA) is 484 Å². The zero-order valence-corrected chi connectivity index (χ0v) is 73.9. The average molecular weight is 1860 g/mol. The van der Waals surface area contributed by atoms with E-state index in [0.29, 0.717) is 81.5 Å².